The molecule has 1 aliphatic rings. The maximum Gasteiger partial charge on any atom is 0.243 e. The third-order valence-corrected chi connectivity index (χ3v) is 6.18. The van der Waals surface area contributed by atoms with E-state index in [4.69, 9.17) is 4.74 Å². The first kappa shape index (κ1) is 16.9. The summed E-state index contributed by atoms with van der Waals surface area (Å²) in [6.07, 6.45) is 2.45. The molecule has 1 atom stereocenters. The van der Waals surface area contributed by atoms with Gasteiger partial charge in [-0.2, -0.15) is 4.31 Å². The summed E-state index contributed by atoms with van der Waals surface area (Å²) < 4.78 is 34.4. The lowest BCUT2D eigenvalue weighted by atomic mass is 10.2. The summed E-state index contributed by atoms with van der Waals surface area (Å²) in [6.45, 7) is 5.03. The summed E-state index contributed by atoms with van der Waals surface area (Å²) in [5.41, 5.74) is 0. The standard InChI is InChI=1S/C16H22N4O3S/c1-12(2)16-18-17-11-20(16)13-7-8-19(10-13)24(21,22)15-6-4-5-14(9-15)23-3/h4-6,9,11-13H,7-8,10H2,1-3H3. The molecule has 1 aromatic carbocycles. The predicted octanol–water partition coefficient (Wildman–Crippen LogP) is 2.05. The van der Waals surface area contributed by atoms with Gasteiger partial charge in [0, 0.05) is 25.1 Å². The maximum atomic E-state index is 12.9. The molecule has 0 aliphatic carbocycles. The molecule has 3 rings (SSSR count). The normalized spacial score (nSPS) is 19.1. The molecular weight excluding hydrogens is 328 g/mol. The first-order valence-electron chi connectivity index (χ1n) is 7.97. The van der Waals surface area contributed by atoms with Crippen LogP contribution < -0.4 is 4.74 Å². The van der Waals surface area contributed by atoms with E-state index in [1.165, 1.54) is 11.4 Å². The van der Waals surface area contributed by atoms with Crippen molar-refractivity contribution in [3.63, 3.8) is 0 Å². The zero-order valence-corrected chi connectivity index (χ0v) is 14.9. The third kappa shape index (κ3) is 3.03. The Labute approximate surface area is 142 Å². The number of methoxy groups -OCH3 is 1. The zero-order valence-electron chi connectivity index (χ0n) is 14.1. The highest BCUT2D eigenvalue weighted by molar-refractivity contribution is 7.89. The molecule has 1 unspecified atom stereocenters. The highest BCUT2D eigenvalue weighted by Gasteiger charge is 2.34. The van der Waals surface area contributed by atoms with E-state index >= 15 is 0 Å². The molecule has 0 radical (unpaired) electrons. The van der Waals surface area contributed by atoms with Crippen LogP contribution in [-0.4, -0.2) is 47.7 Å². The molecule has 0 saturated carbocycles. The number of rotatable bonds is 5. The van der Waals surface area contributed by atoms with E-state index in [9.17, 15) is 8.42 Å². The van der Waals surface area contributed by atoms with Gasteiger partial charge >= 0.3 is 0 Å². The van der Waals surface area contributed by atoms with Gasteiger partial charge in [-0.3, -0.25) is 0 Å². The minimum absolute atomic E-state index is 0.0674. The Morgan fingerprint density at radius 2 is 2.12 bits per heavy atom. The molecule has 1 fully saturated rings. The molecule has 0 bridgehead atoms. The van der Waals surface area contributed by atoms with E-state index in [0.29, 0.717) is 18.8 Å². The second kappa shape index (κ2) is 6.52. The quantitative estimate of drug-likeness (QED) is 0.825. The summed E-state index contributed by atoms with van der Waals surface area (Å²) in [7, 11) is -2.00. The molecule has 8 heteroatoms. The van der Waals surface area contributed by atoms with Gasteiger partial charge in [0.2, 0.25) is 10.0 Å². The molecule has 24 heavy (non-hydrogen) atoms. The first-order chi connectivity index (χ1) is 11.4. The fourth-order valence-corrected chi connectivity index (χ4v) is 4.54. The van der Waals surface area contributed by atoms with Crippen LogP contribution in [0.4, 0.5) is 0 Å². The number of nitrogens with zero attached hydrogens (tertiary/aromatic N) is 4. The topological polar surface area (TPSA) is 77.3 Å². The van der Waals surface area contributed by atoms with Crippen molar-refractivity contribution in [2.75, 3.05) is 20.2 Å². The SMILES string of the molecule is COc1cccc(S(=O)(=O)N2CCC(n3cnnc3C(C)C)C2)c1. The van der Waals surface area contributed by atoms with E-state index in [1.807, 2.05) is 4.57 Å². The fourth-order valence-electron chi connectivity index (χ4n) is 3.01. The summed E-state index contributed by atoms with van der Waals surface area (Å²) in [6, 6.07) is 6.65. The molecule has 1 aromatic heterocycles. The fraction of sp³-hybridized carbons (Fsp3) is 0.500. The number of aromatic nitrogens is 3. The van der Waals surface area contributed by atoms with Crippen LogP contribution in [0.3, 0.4) is 0 Å². The van der Waals surface area contributed by atoms with Crippen molar-refractivity contribution in [2.45, 2.75) is 37.1 Å². The summed E-state index contributed by atoms with van der Waals surface area (Å²) in [4.78, 5) is 0.260. The molecule has 0 N–H and O–H groups in total. The molecule has 130 valence electrons. The van der Waals surface area contributed by atoms with Gasteiger partial charge in [0.1, 0.15) is 17.9 Å². The summed E-state index contributed by atoms with van der Waals surface area (Å²) in [5.74, 6) is 1.67. The van der Waals surface area contributed by atoms with E-state index in [1.54, 1.807) is 30.6 Å². The van der Waals surface area contributed by atoms with Crippen molar-refractivity contribution < 1.29 is 13.2 Å². The van der Waals surface area contributed by atoms with Crippen molar-refractivity contribution in [3.8, 4) is 5.75 Å². The van der Waals surface area contributed by atoms with Gasteiger partial charge in [-0.25, -0.2) is 8.42 Å². The van der Waals surface area contributed by atoms with Crippen molar-refractivity contribution in [1.82, 2.24) is 19.1 Å². The predicted molar refractivity (Wildman–Crippen MR) is 89.5 cm³/mol. The number of ether oxygens (including phenoxy) is 1. The van der Waals surface area contributed by atoms with Gasteiger partial charge < -0.3 is 9.30 Å². The smallest absolute Gasteiger partial charge is 0.243 e. The van der Waals surface area contributed by atoms with E-state index in [2.05, 4.69) is 24.0 Å². The Balaban J connectivity index is 1.83. The lowest BCUT2D eigenvalue weighted by Crippen LogP contribution is -2.29. The van der Waals surface area contributed by atoms with Crippen LogP contribution in [0.15, 0.2) is 35.5 Å². The summed E-state index contributed by atoms with van der Waals surface area (Å²) >= 11 is 0. The Morgan fingerprint density at radius 3 is 2.83 bits per heavy atom. The maximum absolute atomic E-state index is 12.9. The molecule has 0 spiro atoms. The average Bonchev–Trinajstić information content (AvgIpc) is 3.23. The monoisotopic (exact) mass is 350 g/mol. The van der Waals surface area contributed by atoms with E-state index in [0.717, 1.165) is 12.2 Å². The average molecular weight is 350 g/mol. The highest BCUT2D eigenvalue weighted by Crippen LogP contribution is 2.30. The van der Waals surface area contributed by atoms with Crippen LogP contribution in [0, 0.1) is 0 Å². The summed E-state index contributed by atoms with van der Waals surface area (Å²) in [5, 5.41) is 8.14. The Kier molecular flexibility index (Phi) is 4.60. The lowest BCUT2D eigenvalue weighted by Gasteiger charge is -2.19. The van der Waals surface area contributed by atoms with Crippen LogP contribution in [0.5, 0.6) is 5.75 Å². The second-order valence-electron chi connectivity index (χ2n) is 6.24. The third-order valence-electron chi connectivity index (χ3n) is 4.32. The Morgan fingerprint density at radius 1 is 1.33 bits per heavy atom. The first-order valence-corrected chi connectivity index (χ1v) is 9.41. The number of benzene rings is 1. The molecular formula is C16H22N4O3S. The minimum atomic E-state index is -3.53. The van der Waals surface area contributed by atoms with Gasteiger partial charge in [-0.15, -0.1) is 10.2 Å². The zero-order chi connectivity index (χ0) is 17.3. The van der Waals surface area contributed by atoms with Gasteiger partial charge in [-0.05, 0) is 18.6 Å². The van der Waals surface area contributed by atoms with Gasteiger partial charge in [0.15, 0.2) is 0 Å². The van der Waals surface area contributed by atoms with Crippen LogP contribution in [0.25, 0.3) is 0 Å². The Bertz CT molecular complexity index is 816. The second-order valence-corrected chi connectivity index (χ2v) is 8.17. The van der Waals surface area contributed by atoms with Crippen LogP contribution >= 0.6 is 0 Å². The number of hydrogen-bond donors (Lipinski definition) is 0. The van der Waals surface area contributed by atoms with Crippen molar-refractivity contribution in [1.29, 1.82) is 0 Å². The van der Waals surface area contributed by atoms with Crippen LogP contribution in [0.2, 0.25) is 0 Å². The highest BCUT2D eigenvalue weighted by atomic mass is 32.2. The minimum Gasteiger partial charge on any atom is -0.497 e. The van der Waals surface area contributed by atoms with E-state index < -0.39 is 10.0 Å². The Hall–Kier alpha value is -1.93. The van der Waals surface area contributed by atoms with Crippen molar-refractivity contribution >= 4 is 10.0 Å². The molecule has 7 nitrogen and oxygen atoms in total. The molecule has 1 aliphatic heterocycles. The molecule has 0 amide bonds. The van der Waals surface area contributed by atoms with Crippen molar-refractivity contribution in [3.05, 3.63) is 36.4 Å². The van der Waals surface area contributed by atoms with Gasteiger partial charge in [-0.1, -0.05) is 19.9 Å². The lowest BCUT2D eigenvalue weighted by molar-refractivity contribution is 0.412. The van der Waals surface area contributed by atoms with Crippen molar-refractivity contribution in [2.24, 2.45) is 0 Å². The largest absolute Gasteiger partial charge is 0.497 e. The molecule has 1 saturated heterocycles. The van der Waals surface area contributed by atoms with Crippen LogP contribution in [-0.2, 0) is 10.0 Å². The number of hydrogen-bond acceptors (Lipinski definition) is 5. The van der Waals surface area contributed by atoms with E-state index in [-0.39, 0.29) is 16.9 Å². The number of sulfonamides is 1. The molecule has 2 aromatic rings. The van der Waals surface area contributed by atoms with Crippen LogP contribution in [0.1, 0.15) is 38.1 Å². The van der Waals surface area contributed by atoms with Gasteiger partial charge in [0.25, 0.3) is 0 Å². The molecule has 2 heterocycles. The van der Waals surface area contributed by atoms with Gasteiger partial charge in [0.05, 0.1) is 18.0 Å².